The normalized spacial score (nSPS) is 17.7. The minimum atomic E-state index is -3.61. The quantitative estimate of drug-likeness (QED) is 0.0933. The summed E-state index contributed by atoms with van der Waals surface area (Å²) < 4.78 is 110. The van der Waals surface area contributed by atoms with Crippen LogP contribution in [0.2, 0.25) is 0 Å². The predicted octanol–water partition coefficient (Wildman–Crippen LogP) is 5.07. The molecule has 9 rings (SSSR count). The van der Waals surface area contributed by atoms with Crippen LogP contribution in [0.15, 0.2) is 82.6 Å². The Balaban J connectivity index is 0.000000196. The molecular weight excluding hydrogens is 942 g/mol. The Kier molecular flexibility index (Phi) is 15.2. The molecule has 16 nitrogen and oxygen atoms in total. The van der Waals surface area contributed by atoms with Gasteiger partial charge < -0.3 is 35.0 Å². The number of aliphatic hydroxyl groups is 1. The summed E-state index contributed by atoms with van der Waals surface area (Å²) in [5.41, 5.74) is 5.92. The summed E-state index contributed by atoms with van der Waals surface area (Å²) in [7, 11) is -1.57. The molecule has 2 aliphatic carbocycles. The SMILES string of the molecule is CN1CCN(c2cnn(-c3cc(F)cc(F)c3)c(=O)c2OCC2(CCO)CC2)CC1.Nc1ccc(CS(=O)(=O)N2CCN(c3cnn(-c4cc(F)cc(F)c4)c(=O)c3OCC3(CCF)CC3)CC2)cc1. The molecule has 0 atom stereocenters. The topological polar surface area (TPSA) is 182 Å². The van der Waals surface area contributed by atoms with E-state index in [0.29, 0.717) is 61.2 Å². The fourth-order valence-corrected chi connectivity index (χ4v) is 10.1. The first-order valence-corrected chi connectivity index (χ1v) is 24.7. The van der Waals surface area contributed by atoms with Crippen molar-refractivity contribution in [3.8, 4) is 22.9 Å². The van der Waals surface area contributed by atoms with Crippen molar-refractivity contribution in [3.63, 3.8) is 0 Å². The van der Waals surface area contributed by atoms with Gasteiger partial charge in [-0.05, 0) is 87.5 Å². The Morgan fingerprint density at radius 2 is 1.09 bits per heavy atom. The average Bonchev–Trinajstić information content (AvgIpc) is 4.27. The highest BCUT2D eigenvalue weighted by atomic mass is 32.2. The third kappa shape index (κ3) is 11.9. The Bertz CT molecular complexity index is 2850. The molecule has 70 heavy (non-hydrogen) atoms. The number of hydrogen-bond acceptors (Lipinski definition) is 13. The second-order valence-corrected chi connectivity index (χ2v) is 20.5. The number of sulfonamides is 1. The lowest BCUT2D eigenvalue weighted by Gasteiger charge is -2.35. The van der Waals surface area contributed by atoms with Gasteiger partial charge in [0.05, 0.1) is 49.4 Å². The fourth-order valence-electron chi connectivity index (χ4n) is 8.62. The fraction of sp³-hybridized carbons (Fsp3) is 0.458. The number of halogens is 5. The second kappa shape index (κ2) is 21.1. The number of ether oxygens (including phenoxy) is 2. The van der Waals surface area contributed by atoms with E-state index in [-0.39, 0.29) is 78.8 Å². The summed E-state index contributed by atoms with van der Waals surface area (Å²) in [6.07, 6.45) is 7.23. The van der Waals surface area contributed by atoms with Crippen LogP contribution in [0.25, 0.3) is 11.4 Å². The van der Waals surface area contributed by atoms with Crippen molar-refractivity contribution in [2.24, 2.45) is 10.8 Å². The molecule has 3 aromatic carbocycles. The van der Waals surface area contributed by atoms with Crippen LogP contribution in [0.1, 0.15) is 44.1 Å². The summed E-state index contributed by atoms with van der Waals surface area (Å²) in [6, 6.07) is 12.2. The smallest absolute Gasteiger partial charge is 0.316 e. The van der Waals surface area contributed by atoms with Crippen molar-refractivity contribution in [1.29, 1.82) is 0 Å². The zero-order valence-corrected chi connectivity index (χ0v) is 39.5. The molecule has 2 saturated carbocycles. The van der Waals surface area contributed by atoms with Crippen LogP contribution < -0.4 is 36.1 Å². The monoisotopic (exact) mass is 997 g/mol. The van der Waals surface area contributed by atoms with Gasteiger partial charge in [-0.15, -0.1) is 0 Å². The van der Waals surface area contributed by atoms with E-state index in [1.807, 2.05) is 11.9 Å². The Morgan fingerprint density at radius 1 is 0.657 bits per heavy atom. The lowest BCUT2D eigenvalue weighted by Crippen LogP contribution is -2.49. The van der Waals surface area contributed by atoms with Crippen LogP contribution in [0.5, 0.6) is 11.5 Å². The molecule has 4 fully saturated rings. The van der Waals surface area contributed by atoms with Crippen LogP contribution in [-0.2, 0) is 15.8 Å². The summed E-state index contributed by atoms with van der Waals surface area (Å²) in [5.74, 6) is -3.43. The van der Waals surface area contributed by atoms with E-state index in [9.17, 15) is 45.1 Å². The summed E-state index contributed by atoms with van der Waals surface area (Å²) >= 11 is 0. The number of nitrogen functional groups attached to an aromatic ring is 1. The van der Waals surface area contributed by atoms with Gasteiger partial charge in [-0.25, -0.2) is 26.0 Å². The first-order valence-electron chi connectivity index (χ1n) is 23.1. The molecular formula is C48H56F5N9O7S. The summed E-state index contributed by atoms with van der Waals surface area (Å²) in [4.78, 5) is 32.8. The number of nitrogens with zero attached hydrogens (tertiary/aromatic N) is 8. The molecule has 376 valence electrons. The maximum absolute atomic E-state index is 13.9. The van der Waals surface area contributed by atoms with Crippen molar-refractivity contribution >= 4 is 27.1 Å². The molecule has 3 N–H and O–H groups in total. The van der Waals surface area contributed by atoms with Gasteiger partial charge in [0, 0.05) is 87.6 Å². The van der Waals surface area contributed by atoms with Crippen LogP contribution in [0.4, 0.5) is 39.0 Å². The van der Waals surface area contributed by atoms with E-state index in [1.165, 1.54) is 16.7 Å². The third-order valence-corrected chi connectivity index (χ3v) is 15.2. The number of likely N-dealkylation sites (N-methyl/N-ethyl adjacent to an activating group) is 1. The van der Waals surface area contributed by atoms with Crippen LogP contribution in [0.3, 0.4) is 0 Å². The number of nitrogens with two attached hydrogens (primary N) is 1. The van der Waals surface area contributed by atoms with Gasteiger partial charge in [0.15, 0.2) is 0 Å². The highest BCUT2D eigenvalue weighted by Crippen LogP contribution is 2.50. The number of rotatable bonds is 17. The molecule has 22 heteroatoms. The number of anilines is 3. The maximum Gasteiger partial charge on any atom is 0.316 e. The molecule has 4 aliphatic rings. The highest BCUT2D eigenvalue weighted by Gasteiger charge is 2.44. The van der Waals surface area contributed by atoms with Gasteiger partial charge >= 0.3 is 11.1 Å². The van der Waals surface area contributed by atoms with Crippen LogP contribution >= 0.6 is 0 Å². The molecule has 2 saturated heterocycles. The Labute approximate surface area is 401 Å². The molecule has 0 spiro atoms. The summed E-state index contributed by atoms with van der Waals surface area (Å²) in [5, 5.41) is 17.6. The van der Waals surface area contributed by atoms with Gasteiger partial charge in [0.2, 0.25) is 21.5 Å². The number of hydrogen-bond donors (Lipinski definition) is 2. The van der Waals surface area contributed by atoms with E-state index >= 15 is 0 Å². The molecule has 0 unspecified atom stereocenters. The van der Waals surface area contributed by atoms with Crippen molar-refractivity contribution in [3.05, 3.63) is 123 Å². The molecule has 0 bridgehead atoms. The Morgan fingerprint density at radius 3 is 1.50 bits per heavy atom. The zero-order valence-electron chi connectivity index (χ0n) is 38.7. The van der Waals surface area contributed by atoms with Crippen molar-refractivity contribution in [2.45, 2.75) is 44.3 Å². The highest BCUT2D eigenvalue weighted by molar-refractivity contribution is 7.88. The van der Waals surface area contributed by atoms with E-state index in [1.54, 1.807) is 29.2 Å². The van der Waals surface area contributed by atoms with Gasteiger partial charge in [0.1, 0.15) is 34.6 Å². The lowest BCUT2D eigenvalue weighted by molar-refractivity contribution is 0.182. The van der Waals surface area contributed by atoms with E-state index < -0.39 is 51.1 Å². The molecule has 0 radical (unpaired) electrons. The minimum absolute atomic E-state index is 0.00349. The largest absolute Gasteiger partial charge is 0.486 e. The van der Waals surface area contributed by atoms with Crippen LogP contribution in [0, 0.1) is 34.1 Å². The molecule has 5 aromatic rings. The van der Waals surface area contributed by atoms with E-state index in [2.05, 4.69) is 15.1 Å². The van der Waals surface area contributed by atoms with E-state index in [4.69, 9.17) is 15.2 Å². The third-order valence-electron chi connectivity index (χ3n) is 13.4. The lowest BCUT2D eigenvalue weighted by atomic mass is 10.1. The maximum atomic E-state index is 13.9. The van der Waals surface area contributed by atoms with Gasteiger partial charge in [-0.2, -0.15) is 23.9 Å². The second-order valence-electron chi connectivity index (χ2n) is 18.6. The molecule has 4 heterocycles. The number of aromatic nitrogens is 4. The number of piperazine rings is 2. The van der Waals surface area contributed by atoms with E-state index in [0.717, 1.165) is 78.5 Å². The number of alkyl halides is 1. The van der Waals surface area contributed by atoms with Crippen molar-refractivity contribution in [2.75, 3.05) is 101 Å². The molecule has 2 aromatic heterocycles. The molecule has 0 amide bonds. The number of benzene rings is 3. The molecule has 2 aliphatic heterocycles. The zero-order chi connectivity index (χ0) is 49.8. The van der Waals surface area contributed by atoms with Crippen molar-refractivity contribution in [1.82, 2.24) is 28.8 Å². The van der Waals surface area contributed by atoms with Crippen LogP contribution in [-0.4, -0.2) is 128 Å². The average molecular weight is 998 g/mol. The Hall–Kier alpha value is -6.10. The van der Waals surface area contributed by atoms with Gasteiger partial charge in [0.25, 0.3) is 0 Å². The van der Waals surface area contributed by atoms with Gasteiger partial charge in [-0.3, -0.25) is 14.0 Å². The minimum Gasteiger partial charge on any atom is -0.486 e. The standard InChI is InChI=1S/C27H30F3N5O4S.C21H26F2N4O3/c28-8-7-27(5-6-27)18-39-25-24(16-32-35(26(25)36)23-14-20(29)13-21(30)15-23)33-9-11-34(12-10-33)40(37,38)17-19-1-3-22(31)4-2-19;1-25-5-7-26(8-6-25)18-13-24-27(17-11-15(22)10-16(23)12-17)20(29)19(18)30-14-21(2-3-21)4-9-28/h1-4,13-16H,5-12,17-18,31H2;10-13,28H,2-9,14H2,1H3. The van der Waals surface area contributed by atoms with Gasteiger partial charge in [-0.1, -0.05) is 12.1 Å². The first kappa shape index (κ1) is 50.3. The van der Waals surface area contributed by atoms with Crippen molar-refractivity contribution < 1.29 is 45.0 Å². The predicted molar refractivity (Wildman–Crippen MR) is 253 cm³/mol. The first-order chi connectivity index (χ1) is 33.5. The number of aliphatic hydroxyl groups excluding tert-OH is 1. The summed E-state index contributed by atoms with van der Waals surface area (Å²) in [6.45, 7) is 3.94.